The molecule has 188 valence electrons. The minimum Gasteiger partial charge on any atom is -0.490 e. The molecule has 0 aliphatic heterocycles. The van der Waals surface area contributed by atoms with Crippen molar-refractivity contribution < 1.29 is 19.1 Å². The van der Waals surface area contributed by atoms with Gasteiger partial charge in [0.15, 0.2) is 0 Å². The largest absolute Gasteiger partial charge is 0.490 e. The van der Waals surface area contributed by atoms with Gasteiger partial charge in [0, 0.05) is 23.5 Å². The number of benzene rings is 4. The maximum Gasteiger partial charge on any atom is 0.251 e. The van der Waals surface area contributed by atoms with Crippen molar-refractivity contribution in [3.63, 3.8) is 0 Å². The molecule has 0 saturated heterocycles. The molecule has 0 aromatic heterocycles. The Morgan fingerprint density at radius 1 is 0.622 bits per heavy atom. The normalized spacial score (nSPS) is 10.3. The number of hydrogen-bond donors (Lipinski definition) is 3. The monoisotopic (exact) mass is 495 g/mol. The smallest absolute Gasteiger partial charge is 0.251 e. The molecule has 0 atom stereocenters. The lowest BCUT2D eigenvalue weighted by Gasteiger charge is -2.11. The Bertz CT molecular complexity index is 1260. The maximum atomic E-state index is 12.3. The van der Waals surface area contributed by atoms with Crippen LogP contribution in [-0.4, -0.2) is 31.6 Å². The van der Waals surface area contributed by atoms with Crippen LogP contribution in [0.3, 0.4) is 0 Å². The van der Waals surface area contributed by atoms with Gasteiger partial charge in [0.1, 0.15) is 24.7 Å². The number of nitrogens with one attached hydrogen (secondary N) is 3. The number of anilines is 2. The quantitative estimate of drug-likeness (QED) is 0.237. The van der Waals surface area contributed by atoms with E-state index in [0.29, 0.717) is 31.0 Å². The van der Waals surface area contributed by atoms with Crippen LogP contribution in [0.1, 0.15) is 15.9 Å². The summed E-state index contributed by atoms with van der Waals surface area (Å²) < 4.78 is 11.3. The van der Waals surface area contributed by atoms with Crippen molar-refractivity contribution in [2.75, 3.05) is 30.4 Å². The van der Waals surface area contributed by atoms with Gasteiger partial charge in [0.05, 0.1) is 6.54 Å². The van der Waals surface area contributed by atoms with Gasteiger partial charge >= 0.3 is 0 Å². The Morgan fingerprint density at radius 2 is 1.19 bits per heavy atom. The summed E-state index contributed by atoms with van der Waals surface area (Å²) in [5.74, 6) is 1.17. The van der Waals surface area contributed by atoms with Gasteiger partial charge in [-0.3, -0.25) is 9.59 Å². The second kappa shape index (κ2) is 13.3. The van der Waals surface area contributed by atoms with Crippen molar-refractivity contribution in [2.45, 2.75) is 6.54 Å². The van der Waals surface area contributed by atoms with E-state index in [9.17, 15) is 9.59 Å². The lowest BCUT2D eigenvalue weighted by atomic mass is 10.1. The summed E-state index contributed by atoms with van der Waals surface area (Å²) in [7, 11) is 0. The minimum atomic E-state index is -0.195. The van der Waals surface area contributed by atoms with Crippen molar-refractivity contribution in [1.29, 1.82) is 0 Å². The van der Waals surface area contributed by atoms with E-state index in [-0.39, 0.29) is 18.4 Å². The maximum absolute atomic E-state index is 12.3. The number of ether oxygens (including phenoxy) is 2. The Hall–Kier alpha value is -4.78. The van der Waals surface area contributed by atoms with Crippen LogP contribution in [0.2, 0.25) is 0 Å². The highest BCUT2D eigenvalue weighted by atomic mass is 16.5. The van der Waals surface area contributed by atoms with E-state index in [2.05, 4.69) is 16.0 Å². The molecular formula is C30H29N3O4. The van der Waals surface area contributed by atoms with Gasteiger partial charge in [-0.25, -0.2) is 0 Å². The highest BCUT2D eigenvalue weighted by Crippen LogP contribution is 2.16. The molecule has 7 nitrogen and oxygen atoms in total. The third-order valence-corrected chi connectivity index (χ3v) is 5.40. The van der Waals surface area contributed by atoms with E-state index >= 15 is 0 Å². The van der Waals surface area contributed by atoms with E-state index in [0.717, 1.165) is 22.7 Å². The molecule has 0 saturated carbocycles. The first-order valence-corrected chi connectivity index (χ1v) is 12.0. The summed E-state index contributed by atoms with van der Waals surface area (Å²) in [6, 6.07) is 33.5. The highest BCUT2D eigenvalue weighted by Gasteiger charge is 2.07. The predicted octanol–water partition coefficient (Wildman–Crippen LogP) is 5.13. The molecule has 7 heteroatoms. The molecule has 0 radical (unpaired) electrons. The van der Waals surface area contributed by atoms with E-state index in [1.165, 1.54) is 0 Å². The minimum absolute atomic E-state index is 0.102. The molecule has 0 aliphatic rings. The zero-order chi connectivity index (χ0) is 25.7. The second-order valence-corrected chi connectivity index (χ2v) is 8.18. The van der Waals surface area contributed by atoms with Crippen LogP contribution in [0, 0.1) is 0 Å². The van der Waals surface area contributed by atoms with Crippen molar-refractivity contribution in [1.82, 2.24) is 5.32 Å². The van der Waals surface area contributed by atoms with Gasteiger partial charge in [0.2, 0.25) is 5.91 Å². The predicted molar refractivity (Wildman–Crippen MR) is 145 cm³/mol. The summed E-state index contributed by atoms with van der Waals surface area (Å²) in [5.41, 5.74) is 2.98. The van der Waals surface area contributed by atoms with Crippen LogP contribution in [0.4, 0.5) is 11.4 Å². The average Bonchev–Trinajstić information content (AvgIpc) is 2.95. The number of carbonyl (C=O) groups excluding carboxylic acids is 2. The first kappa shape index (κ1) is 25.3. The first-order chi connectivity index (χ1) is 18.2. The third-order valence-electron chi connectivity index (χ3n) is 5.40. The SMILES string of the molecule is O=C(CNc1ccc(OCCOc2ccccc2)cc1)Nc1ccc(C(=O)NCc2ccccc2)cc1. The second-order valence-electron chi connectivity index (χ2n) is 8.18. The molecule has 0 unspecified atom stereocenters. The van der Waals surface area contributed by atoms with Crippen LogP contribution < -0.4 is 25.4 Å². The Labute approximate surface area is 216 Å². The topological polar surface area (TPSA) is 88.7 Å². The first-order valence-electron chi connectivity index (χ1n) is 12.0. The third kappa shape index (κ3) is 8.43. The fourth-order valence-electron chi connectivity index (χ4n) is 3.48. The van der Waals surface area contributed by atoms with Crippen LogP contribution in [-0.2, 0) is 11.3 Å². The summed E-state index contributed by atoms with van der Waals surface area (Å²) in [6.45, 7) is 1.44. The molecular weight excluding hydrogens is 466 g/mol. The lowest BCUT2D eigenvalue weighted by molar-refractivity contribution is -0.114. The van der Waals surface area contributed by atoms with Crippen molar-refractivity contribution in [3.05, 3.63) is 120 Å². The molecule has 0 bridgehead atoms. The average molecular weight is 496 g/mol. The van der Waals surface area contributed by atoms with E-state index < -0.39 is 0 Å². The molecule has 4 aromatic rings. The van der Waals surface area contributed by atoms with E-state index in [1.54, 1.807) is 24.3 Å². The zero-order valence-electron chi connectivity index (χ0n) is 20.4. The zero-order valence-corrected chi connectivity index (χ0v) is 20.4. The van der Waals surface area contributed by atoms with Crippen LogP contribution >= 0.6 is 0 Å². The number of hydrogen-bond acceptors (Lipinski definition) is 5. The Balaban J connectivity index is 1.15. The molecule has 4 rings (SSSR count). The number of rotatable bonds is 12. The number of amides is 2. The highest BCUT2D eigenvalue weighted by molar-refractivity contribution is 5.96. The van der Waals surface area contributed by atoms with Gasteiger partial charge in [-0.2, -0.15) is 0 Å². The molecule has 3 N–H and O–H groups in total. The van der Waals surface area contributed by atoms with Gasteiger partial charge in [-0.05, 0) is 66.2 Å². The van der Waals surface area contributed by atoms with E-state index in [1.807, 2.05) is 84.9 Å². The molecule has 37 heavy (non-hydrogen) atoms. The molecule has 0 aliphatic carbocycles. The summed E-state index contributed by atoms with van der Waals surface area (Å²) in [4.78, 5) is 24.7. The summed E-state index contributed by atoms with van der Waals surface area (Å²) in [6.07, 6.45) is 0. The summed E-state index contributed by atoms with van der Waals surface area (Å²) in [5, 5.41) is 8.80. The lowest BCUT2D eigenvalue weighted by Crippen LogP contribution is -2.23. The van der Waals surface area contributed by atoms with Crippen molar-refractivity contribution in [2.24, 2.45) is 0 Å². The molecule has 0 heterocycles. The molecule has 4 aromatic carbocycles. The van der Waals surface area contributed by atoms with Crippen LogP contribution in [0.5, 0.6) is 11.5 Å². The van der Waals surface area contributed by atoms with Gasteiger partial charge in [-0.15, -0.1) is 0 Å². The van der Waals surface area contributed by atoms with Crippen molar-refractivity contribution in [3.8, 4) is 11.5 Å². The van der Waals surface area contributed by atoms with Crippen LogP contribution in [0.15, 0.2) is 109 Å². The van der Waals surface area contributed by atoms with Crippen molar-refractivity contribution >= 4 is 23.2 Å². The number of carbonyl (C=O) groups is 2. The molecule has 0 fully saturated rings. The summed E-state index contributed by atoms with van der Waals surface area (Å²) >= 11 is 0. The fourth-order valence-corrected chi connectivity index (χ4v) is 3.48. The van der Waals surface area contributed by atoms with Gasteiger partial charge in [-0.1, -0.05) is 48.5 Å². The van der Waals surface area contributed by atoms with E-state index in [4.69, 9.17) is 9.47 Å². The standard InChI is InChI=1S/C30H29N3O4/c34-29(33-26-13-11-24(12-14-26)30(35)32-21-23-7-3-1-4-8-23)22-31-25-15-17-28(18-16-25)37-20-19-36-27-9-5-2-6-10-27/h1-18,31H,19-22H2,(H,32,35)(H,33,34). The molecule has 2 amide bonds. The van der Waals surface area contributed by atoms with Crippen LogP contribution in [0.25, 0.3) is 0 Å². The molecule has 0 spiro atoms. The fraction of sp³-hybridized carbons (Fsp3) is 0.133. The Kier molecular flexibility index (Phi) is 9.13. The van der Waals surface area contributed by atoms with Gasteiger partial charge in [0.25, 0.3) is 5.91 Å². The Morgan fingerprint density at radius 3 is 1.84 bits per heavy atom. The number of para-hydroxylation sites is 1. The van der Waals surface area contributed by atoms with Gasteiger partial charge < -0.3 is 25.4 Å².